The van der Waals surface area contributed by atoms with Crippen LogP contribution in [-0.2, 0) is 11.0 Å². The zero-order valence-corrected chi connectivity index (χ0v) is 11.2. The Morgan fingerprint density at radius 2 is 1.84 bits per heavy atom. The van der Waals surface area contributed by atoms with Crippen molar-refractivity contribution < 1.29 is 18.0 Å². The van der Waals surface area contributed by atoms with E-state index < -0.39 is 11.7 Å². The molecular formula is C11H9Cl2F3N2O. The fraction of sp³-hybridized carbons (Fsp3) is 0.364. The summed E-state index contributed by atoms with van der Waals surface area (Å²) in [6.07, 6.45) is -4.31. The summed E-state index contributed by atoms with van der Waals surface area (Å²) in [6.45, 7) is 1.77. The van der Waals surface area contributed by atoms with Crippen molar-refractivity contribution >= 4 is 34.8 Å². The molecule has 1 aromatic rings. The third-order valence-corrected chi connectivity index (χ3v) is 3.22. The summed E-state index contributed by atoms with van der Waals surface area (Å²) in [5, 5.41) is 0.639. The number of rotatable bonds is 1. The second kappa shape index (κ2) is 4.85. The highest BCUT2D eigenvalue weighted by molar-refractivity contribution is 6.40. The Morgan fingerprint density at radius 3 is 2.21 bits per heavy atom. The molecule has 1 fully saturated rings. The van der Waals surface area contributed by atoms with Gasteiger partial charge in [0.15, 0.2) is 0 Å². The molecule has 104 valence electrons. The molecule has 0 saturated carbocycles. The predicted molar refractivity (Wildman–Crippen MR) is 66.2 cm³/mol. The molecule has 8 heteroatoms. The maximum atomic E-state index is 12.6. The second-order valence-electron chi connectivity index (χ2n) is 4.25. The van der Waals surface area contributed by atoms with E-state index in [-0.39, 0.29) is 34.1 Å². The van der Waals surface area contributed by atoms with Crippen LogP contribution in [0.25, 0.3) is 0 Å². The van der Waals surface area contributed by atoms with E-state index >= 15 is 0 Å². The molecule has 1 unspecified atom stereocenters. The molecular weight excluding hydrogens is 304 g/mol. The molecule has 1 amide bonds. The van der Waals surface area contributed by atoms with E-state index in [2.05, 4.69) is 5.43 Å². The summed E-state index contributed by atoms with van der Waals surface area (Å²) in [5.74, 6) is -0.295. The zero-order chi connectivity index (χ0) is 14.4. The van der Waals surface area contributed by atoms with E-state index in [0.29, 0.717) is 0 Å². The lowest BCUT2D eigenvalue weighted by molar-refractivity contribution is -0.137. The molecule has 0 aliphatic carbocycles. The molecule has 0 spiro atoms. The Labute approximate surface area is 117 Å². The molecule has 1 aliphatic rings. The molecule has 1 aromatic carbocycles. The monoisotopic (exact) mass is 312 g/mol. The molecule has 1 aliphatic heterocycles. The van der Waals surface area contributed by atoms with Crippen molar-refractivity contribution in [1.29, 1.82) is 0 Å². The Morgan fingerprint density at radius 1 is 1.32 bits per heavy atom. The number of amides is 1. The van der Waals surface area contributed by atoms with Crippen LogP contribution in [0.1, 0.15) is 18.9 Å². The van der Waals surface area contributed by atoms with Crippen LogP contribution in [0.5, 0.6) is 0 Å². The van der Waals surface area contributed by atoms with Crippen molar-refractivity contribution in [3.05, 3.63) is 27.7 Å². The lowest BCUT2D eigenvalue weighted by Gasteiger charge is -2.21. The molecule has 2 rings (SSSR count). The first-order valence-corrected chi connectivity index (χ1v) is 6.11. The summed E-state index contributed by atoms with van der Waals surface area (Å²) in [5.41, 5.74) is 1.89. The molecule has 3 nitrogen and oxygen atoms in total. The van der Waals surface area contributed by atoms with E-state index in [1.807, 2.05) is 0 Å². The van der Waals surface area contributed by atoms with Crippen LogP contribution in [0.15, 0.2) is 12.1 Å². The van der Waals surface area contributed by atoms with Crippen molar-refractivity contribution in [2.24, 2.45) is 0 Å². The number of nitrogens with zero attached hydrogens (tertiary/aromatic N) is 1. The van der Waals surface area contributed by atoms with Gasteiger partial charge >= 0.3 is 6.18 Å². The number of hydrogen-bond acceptors (Lipinski definition) is 2. The fourth-order valence-electron chi connectivity index (χ4n) is 1.82. The Kier molecular flexibility index (Phi) is 3.68. The van der Waals surface area contributed by atoms with Crippen LogP contribution in [0, 0.1) is 0 Å². The minimum atomic E-state index is -4.54. The van der Waals surface area contributed by atoms with Gasteiger partial charge in [-0.15, -0.1) is 0 Å². The van der Waals surface area contributed by atoms with Gasteiger partial charge in [0.1, 0.15) is 0 Å². The van der Waals surface area contributed by atoms with Crippen molar-refractivity contribution in [3.8, 4) is 0 Å². The first-order chi connectivity index (χ1) is 8.70. The van der Waals surface area contributed by atoms with Gasteiger partial charge in [-0.3, -0.25) is 4.79 Å². The number of carbonyl (C=O) groups excluding carboxylic acids is 1. The van der Waals surface area contributed by atoms with Crippen LogP contribution in [0.4, 0.5) is 18.9 Å². The predicted octanol–water partition coefficient (Wildman–Crippen LogP) is 3.64. The van der Waals surface area contributed by atoms with Crippen molar-refractivity contribution in [2.45, 2.75) is 25.6 Å². The third kappa shape index (κ3) is 2.80. The zero-order valence-electron chi connectivity index (χ0n) is 9.68. The molecule has 19 heavy (non-hydrogen) atoms. The minimum absolute atomic E-state index is 0.0469. The van der Waals surface area contributed by atoms with Crippen LogP contribution in [0.2, 0.25) is 10.0 Å². The highest BCUT2D eigenvalue weighted by Crippen LogP contribution is 2.40. The van der Waals surface area contributed by atoms with Gasteiger partial charge in [0.2, 0.25) is 5.91 Å². The summed E-state index contributed by atoms with van der Waals surface area (Å²) in [4.78, 5) is 11.7. The largest absolute Gasteiger partial charge is 0.416 e. The van der Waals surface area contributed by atoms with Gasteiger partial charge in [0.25, 0.3) is 0 Å². The van der Waals surface area contributed by atoms with Gasteiger partial charge in [-0.2, -0.15) is 13.2 Å². The lowest BCUT2D eigenvalue weighted by Crippen LogP contribution is -2.37. The number of carbonyl (C=O) groups is 1. The normalized spacial score (nSPS) is 20.2. The van der Waals surface area contributed by atoms with E-state index in [0.717, 1.165) is 17.1 Å². The van der Waals surface area contributed by atoms with Gasteiger partial charge < -0.3 is 0 Å². The number of hydrazine groups is 1. The number of hydrogen-bond donors (Lipinski definition) is 1. The van der Waals surface area contributed by atoms with Crippen molar-refractivity contribution in [3.63, 3.8) is 0 Å². The van der Waals surface area contributed by atoms with E-state index in [1.54, 1.807) is 6.92 Å². The fourth-order valence-corrected chi connectivity index (χ4v) is 2.48. The highest BCUT2D eigenvalue weighted by atomic mass is 35.5. The Balaban J connectivity index is 2.46. The Hall–Kier alpha value is -0.980. The van der Waals surface area contributed by atoms with Crippen LogP contribution >= 0.6 is 23.2 Å². The van der Waals surface area contributed by atoms with Gasteiger partial charge in [-0.25, -0.2) is 10.4 Å². The standard InChI is InChI=1S/C11H9Cl2F3N2O/c1-5-2-9(19)18(17-5)10-7(12)3-6(4-8(10)13)11(14,15)16/h3-5,17H,2H2,1H3. The smallest absolute Gasteiger partial charge is 0.273 e. The van der Waals surface area contributed by atoms with Crippen LogP contribution in [-0.4, -0.2) is 11.9 Å². The maximum Gasteiger partial charge on any atom is 0.416 e. The number of halogens is 5. The number of anilines is 1. The van der Waals surface area contributed by atoms with Gasteiger partial charge in [0.05, 0.1) is 21.3 Å². The number of alkyl halides is 3. The summed E-state index contributed by atoms with van der Waals surface area (Å²) < 4.78 is 37.7. The van der Waals surface area contributed by atoms with Crippen molar-refractivity contribution in [1.82, 2.24) is 5.43 Å². The molecule has 1 saturated heterocycles. The minimum Gasteiger partial charge on any atom is -0.273 e. The van der Waals surface area contributed by atoms with Gasteiger partial charge in [-0.1, -0.05) is 23.2 Å². The molecule has 1 heterocycles. The van der Waals surface area contributed by atoms with Gasteiger partial charge in [0, 0.05) is 12.5 Å². The summed E-state index contributed by atoms with van der Waals surface area (Å²) in [7, 11) is 0. The SMILES string of the molecule is CC1CC(=O)N(c2c(Cl)cc(C(F)(F)F)cc2Cl)N1. The quantitative estimate of drug-likeness (QED) is 0.858. The van der Waals surface area contributed by atoms with Crippen LogP contribution < -0.4 is 10.4 Å². The van der Waals surface area contributed by atoms with E-state index in [1.165, 1.54) is 0 Å². The van der Waals surface area contributed by atoms with Crippen molar-refractivity contribution in [2.75, 3.05) is 5.01 Å². The molecule has 0 radical (unpaired) electrons. The van der Waals surface area contributed by atoms with E-state index in [4.69, 9.17) is 23.2 Å². The lowest BCUT2D eigenvalue weighted by atomic mass is 10.2. The highest BCUT2D eigenvalue weighted by Gasteiger charge is 2.35. The van der Waals surface area contributed by atoms with Gasteiger partial charge in [-0.05, 0) is 19.1 Å². The average molecular weight is 313 g/mol. The number of benzene rings is 1. The third-order valence-electron chi connectivity index (χ3n) is 2.65. The molecule has 1 atom stereocenters. The summed E-state index contributed by atoms with van der Waals surface area (Å²) >= 11 is 11.6. The molecule has 0 aromatic heterocycles. The topological polar surface area (TPSA) is 32.3 Å². The van der Waals surface area contributed by atoms with Crippen LogP contribution in [0.3, 0.4) is 0 Å². The first kappa shape index (κ1) is 14.4. The maximum absolute atomic E-state index is 12.6. The second-order valence-corrected chi connectivity index (χ2v) is 5.06. The molecule has 0 bridgehead atoms. The average Bonchev–Trinajstić information content (AvgIpc) is 2.55. The first-order valence-electron chi connectivity index (χ1n) is 5.35. The number of nitrogens with one attached hydrogen (secondary N) is 1. The summed E-state index contributed by atoms with van der Waals surface area (Å²) in [6, 6.07) is 1.38. The Bertz CT molecular complexity index is 510. The molecule has 1 N–H and O–H groups in total. The van der Waals surface area contributed by atoms with E-state index in [9.17, 15) is 18.0 Å².